The number of hydrogen-bond acceptors (Lipinski definition) is 3. The van der Waals surface area contributed by atoms with Gasteiger partial charge in [-0.1, -0.05) is 0 Å². The molecular formula is C10H19I2NOS. The Labute approximate surface area is 121 Å². The molecule has 1 unspecified atom stereocenters. The van der Waals surface area contributed by atoms with Crippen LogP contribution in [0.5, 0.6) is 0 Å². The van der Waals surface area contributed by atoms with Gasteiger partial charge in [0.15, 0.2) is 0 Å². The van der Waals surface area contributed by atoms with Crippen molar-refractivity contribution >= 4 is 54.8 Å². The van der Waals surface area contributed by atoms with E-state index in [4.69, 9.17) is 0 Å². The van der Waals surface area contributed by atoms with Crippen LogP contribution in [0.1, 0.15) is 34.6 Å². The molecule has 0 aromatic rings. The molecular weight excluding hydrogens is 436 g/mol. The van der Waals surface area contributed by atoms with E-state index in [2.05, 4.69) is 69.8 Å². The molecule has 0 aromatic heterocycles. The fraction of sp³-hybridized carbons (Fsp3) is 0.900. The fourth-order valence-corrected chi connectivity index (χ4v) is 4.28. The Morgan fingerprint density at radius 2 is 1.67 bits per heavy atom. The number of ketones is 1. The van der Waals surface area contributed by atoms with Crippen molar-refractivity contribution in [2.45, 2.75) is 50.3 Å². The van der Waals surface area contributed by atoms with Gasteiger partial charge in [-0.2, -0.15) is 0 Å². The zero-order valence-electron chi connectivity index (χ0n) is 10.1. The second-order valence-corrected chi connectivity index (χ2v) is 7.03. The molecule has 1 fully saturated rings. The van der Waals surface area contributed by atoms with Gasteiger partial charge < -0.3 is 0 Å². The molecule has 0 saturated carbocycles. The van der Waals surface area contributed by atoms with Crippen LogP contribution in [-0.4, -0.2) is 33.4 Å². The van der Waals surface area contributed by atoms with E-state index in [1.807, 2.05) is 18.8 Å². The van der Waals surface area contributed by atoms with Crippen molar-refractivity contribution in [2.24, 2.45) is 0 Å². The van der Waals surface area contributed by atoms with Crippen LogP contribution in [-0.2, 0) is 4.79 Å². The largest absolute Gasteiger partial charge is 0.298 e. The highest BCUT2D eigenvalue weighted by Crippen LogP contribution is 2.49. The maximum atomic E-state index is 11.5. The number of Topliss-reactive ketones (excluding diaryl/α,β-unsaturated/α-hetero) is 1. The maximum Gasteiger partial charge on any atom is 0.148 e. The number of rotatable bonds is 1. The van der Waals surface area contributed by atoms with Gasteiger partial charge in [0.1, 0.15) is 5.78 Å². The molecule has 15 heavy (non-hydrogen) atoms. The predicted octanol–water partition coefficient (Wildman–Crippen LogP) is 3.91. The van der Waals surface area contributed by atoms with Crippen LogP contribution >= 0.6 is 49.0 Å². The Balaban J connectivity index is 0.000000921. The summed E-state index contributed by atoms with van der Waals surface area (Å²) in [6.07, 6.45) is 0. The lowest BCUT2D eigenvalue weighted by molar-refractivity contribution is -0.122. The molecule has 0 N–H and O–H groups in total. The first-order valence-corrected chi connectivity index (χ1v) is 11.9. The number of halogens is 2. The van der Waals surface area contributed by atoms with E-state index in [9.17, 15) is 4.79 Å². The third kappa shape index (κ3) is 3.70. The van der Waals surface area contributed by atoms with Gasteiger partial charge in [-0.25, -0.2) is 0 Å². The Kier molecular flexibility index (Phi) is 6.42. The second-order valence-electron chi connectivity index (χ2n) is 4.78. The summed E-state index contributed by atoms with van der Waals surface area (Å²) in [6, 6.07) is 0.0486. The Bertz CT molecular complexity index is 244. The minimum absolute atomic E-state index is 0.0318. The normalized spacial score (nSPS) is 28.1. The lowest BCUT2D eigenvalue weighted by Crippen LogP contribution is -2.47. The highest BCUT2D eigenvalue weighted by Gasteiger charge is 2.51. The summed E-state index contributed by atoms with van der Waals surface area (Å²) in [6.45, 7) is 10.3. The van der Waals surface area contributed by atoms with Gasteiger partial charge in [-0.15, -0.1) is 11.8 Å². The first-order valence-electron chi connectivity index (χ1n) is 4.76. The molecule has 1 saturated heterocycles. The smallest absolute Gasteiger partial charge is 0.148 e. The number of carbonyl (C=O) groups is 1. The van der Waals surface area contributed by atoms with Crippen LogP contribution in [0.3, 0.4) is 0 Å². The fourth-order valence-electron chi connectivity index (χ4n) is 2.31. The molecule has 0 aliphatic carbocycles. The Morgan fingerprint density at radius 3 is 1.80 bits per heavy atom. The van der Waals surface area contributed by atoms with E-state index < -0.39 is 0 Å². The van der Waals surface area contributed by atoms with Crippen molar-refractivity contribution in [1.29, 1.82) is 0 Å². The highest BCUT2D eigenvalue weighted by atomic mass is 128. The minimum atomic E-state index is 0.0318. The van der Waals surface area contributed by atoms with E-state index >= 15 is 0 Å². The molecule has 5 heteroatoms. The number of nitrogens with zero attached hydrogens (tertiary/aromatic N) is 1. The van der Waals surface area contributed by atoms with Crippen molar-refractivity contribution in [3.8, 4) is 0 Å². The predicted molar refractivity (Wildman–Crippen MR) is 86.0 cm³/mol. The summed E-state index contributed by atoms with van der Waals surface area (Å²) in [4.78, 5) is 13.8. The van der Waals surface area contributed by atoms with Crippen LogP contribution in [0.4, 0.5) is 0 Å². The zero-order chi connectivity index (χ0) is 12.4. The van der Waals surface area contributed by atoms with E-state index in [0.29, 0.717) is 0 Å². The SMILES string of the molecule is CC(=O)C1N(C)C(C)(C)SC1(C)C.II. The first kappa shape index (κ1) is 16.4. The van der Waals surface area contributed by atoms with E-state index in [-0.39, 0.29) is 21.4 Å². The monoisotopic (exact) mass is 455 g/mol. The van der Waals surface area contributed by atoms with E-state index in [1.165, 1.54) is 0 Å². The average molecular weight is 455 g/mol. The molecule has 90 valence electrons. The van der Waals surface area contributed by atoms with Gasteiger partial charge in [0.25, 0.3) is 0 Å². The van der Waals surface area contributed by atoms with Crippen LogP contribution in [0.2, 0.25) is 0 Å². The van der Waals surface area contributed by atoms with Crippen LogP contribution in [0.15, 0.2) is 0 Å². The van der Waals surface area contributed by atoms with E-state index in [0.717, 1.165) is 0 Å². The average Bonchev–Trinajstić information content (AvgIpc) is 2.19. The van der Waals surface area contributed by atoms with Gasteiger partial charge in [-0.05, 0) is 41.7 Å². The maximum absolute atomic E-state index is 11.5. The number of hydrogen-bond donors (Lipinski definition) is 0. The quantitative estimate of drug-likeness (QED) is 0.560. The molecule has 0 amide bonds. The Morgan fingerprint density at radius 1 is 1.27 bits per heavy atom. The third-order valence-corrected chi connectivity index (χ3v) is 4.33. The molecule has 0 aromatic carbocycles. The lowest BCUT2D eigenvalue weighted by atomic mass is 9.98. The van der Waals surface area contributed by atoms with Gasteiger partial charge in [-0.3, -0.25) is 9.69 Å². The summed E-state index contributed by atoms with van der Waals surface area (Å²) in [5.41, 5.74) is 0. The molecule has 2 nitrogen and oxygen atoms in total. The second kappa shape index (κ2) is 5.86. The number of thioether (sulfide) groups is 1. The zero-order valence-corrected chi connectivity index (χ0v) is 15.2. The van der Waals surface area contributed by atoms with Gasteiger partial charge >= 0.3 is 0 Å². The molecule has 1 atom stereocenters. The van der Waals surface area contributed by atoms with Gasteiger partial charge in [0.05, 0.1) is 10.9 Å². The molecule has 0 spiro atoms. The van der Waals surface area contributed by atoms with E-state index in [1.54, 1.807) is 6.92 Å². The summed E-state index contributed by atoms with van der Waals surface area (Å²) < 4.78 is 0.0318. The summed E-state index contributed by atoms with van der Waals surface area (Å²) >= 11 is 6.11. The molecule has 1 rings (SSSR count). The van der Waals surface area contributed by atoms with Gasteiger partial charge in [0, 0.05) is 42.0 Å². The highest BCUT2D eigenvalue weighted by molar-refractivity contribution is 15.0. The third-order valence-electron chi connectivity index (χ3n) is 2.79. The summed E-state index contributed by atoms with van der Waals surface area (Å²) in [5.74, 6) is 0.269. The summed E-state index contributed by atoms with van der Waals surface area (Å²) in [5, 5.41) is 0. The molecule has 1 aliphatic heterocycles. The number of carbonyl (C=O) groups excluding carboxylic acids is 1. The van der Waals surface area contributed by atoms with Crippen molar-refractivity contribution in [3.05, 3.63) is 0 Å². The van der Waals surface area contributed by atoms with Gasteiger partial charge in [0.2, 0.25) is 0 Å². The van der Waals surface area contributed by atoms with Crippen LogP contribution in [0, 0.1) is 0 Å². The van der Waals surface area contributed by atoms with Crippen molar-refractivity contribution < 1.29 is 4.79 Å². The van der Waals surface area contributed by atoms with Crippen LogP contribution < -0.4 is 0 Å². The standard InChI is InChI=1S/C10H19NOS.I2/c1-7(12)8-9(2,3)13-10(4,5)11(8)6;1-2/h8H,1-6H3;. The van der Waals surface area contributed by atoms with Crippen LogP contribution in [0.25, 0.3) is 0 Å². The molecule has 1 aliphatic rings. The molecule has 0 radical (unpaired) electrons. The van der Waals surface area contributed by atoms with Crippen molar-refractivity contribution in [1.82, 2.24) is 4.90 Å². The van der Waals surface area contributed by atoms with Crippen molar-refractivity contribution in [3.63, 3.8) is 0 Å². The molecule has 1 heterocycles. The number of likely N-dealkylation sites (N-methyl/N-ethyl adjacent to an activating group) is 1. The lowest BCUT2D eigenvalue weighted by Gasteiger charge is -2.30. The Hall–Kier alpha value is 1.44. The molecule has 0 bridgehead atoms. The van der Waals surface area contributed by atoms with Crippen molar-refractivity contribution in [2.75, 3.05) is 7.05 Å². The minimum Gasteiger partial charge on any atom is -0.298 e. The first-order chi connectivity index (χ1) is 6.68. The summed E-state index contributed by atoms with van der Waals surface area (Å²) in [7, 11) is 2.04. The topological polar surface area (TPSA) is 20.3 Å².